The van der Waals surface area contributed by atoms with Gasteiger partial charge < -0.3 is 15.4 Å². The zero-order valence-corrected chi connectivity index (χ0v) is 12.8. The van der Waals surface area contributed by atoms with E-state index in [9.17, 15) is 13.6 Å². The number of hydrogen-bond acceptors (Lipinski definition) is 5. The molecule has 1 aromatic carbocycles. The van der Waals surface area contributed by atoms with Gasteiger partial charge in [0.2, 0.25) is 11.7 Å². The summed E-state index contributed by atoms with van der Waals surface area (Å²) >= 11 is 1.30. The second-order valence-electron chi connectivity index (χ2n) is 4.48. The molecule has 0 aliphatic heterocycles. The fraction of sp³-hybridized carbons (Fsp3) is 0.286. The van der Waals surface area contributed by atoms with Crippen LogP contribution < -0.4 is 15.4 Å². The maximum Gasteiger partial charge on any atom is 0.243 e. The van der Waals surface area contributed by atoms with Crippen molar-refractivity contribution >= 4 is 22.4 Å². The smallest absolute Gasteiger partial charge is 0.243 e. The van der Waals surface area contributed by atoms with Crippen molar-refractivity contribution in [3.8, 4) is 5.75 Å². The van der Waals surface area contributed by atoms with Crippen LogP contribution in [0.15, 0.2) is 23.7 Å². The van der Waals surface area contributed by atoms with Crippen molar-refractivity contribution in [2.45, 2.75) is 19.5 Å². The van der Waals surface area contributed by atoms with Crippen molar-refractivity contribution in [1.82, 2.24) is 10.3 Å². The standard InChI is InChI=1S/C14H15F2N3O2S/c1-8(13(20)19-14-17-5-6-22-14)18-7-9-3-4-10(21-2)12(16)11(9)15/h3-6,8,18H,7H2,1-2H3,(H,17,19,20). The molecule has 1 unspecified atom stereocenters. The summed E-state index contributed by atoms with van der Waals surface area (Å²) in [7, 11) is 1.26. The Morgan fingerprint density at radius 3 is 2.82 bits per heavy atom. The average Bonchev–Trinajstić information content (AvgIpc) is 3.01. The van der Waals surface area contributed by atoms with Crippen molar-refractivity contribution in [2.75, 3.05) is 12.4 Å². The van der Waals surface area contributed by atoms with Crippen LogP contribution >= 0.6 is 11.3 Å². The van der Waals surface area contributed by atoms with Crippen LogP contribution in [0.2, 0.25) is 0 Å². The van der Waals surface area contributed by atoms with Crippen molar-refractivity contribution in [3.05, 3.63) is 40.9 Å². The summed E-state index contributed by atoms with van der Waals surface area (Å²) in [5.74, 6) is -2.48. The van der Waals surface area contributed by atoms with Gasteiger partial charge in [-0.1, -0.05) is 6.07 Å². The van der Waals surface area contributed by atoms with Crippen molar-refractivity contribution < 1.29 is 18.3 Å². The first-order chi connectivity index (χ1) is 10.5. The van der Waals surface area contributed by atoms with Gasteiger partial charge in [-0.3, -0.25) is 4.79 Å². The van der Waals surface area contributed by atoms with E-state index in [0.717, 1.165) is 0 Å². The van der Waals surface area contributed by atoms with Crippen LogP contribution in [0.1, 0.15) is 12.5 Å². The van der Waals surface area contributed by atoms with Gasteiger partial charge in [0.05, 0.1) is 13.2 Å². The molecular formula is C14H15F2N3O2S. The Labute approximate surface area is 130 Å². The van der Waals surface area contributed by atoms with E-state index in [0.29, 0.717) is 5.13 Å². The molecule has 2 rings (SSSR count). The molecule has 8 heteroatoms. The molecule has 1 amide bonds. The van der Waals surface area contributed by atoms with E-state index in [1.54, 1.807) is 18.5 Å². The van der Waals surface area contributed by atoms with Crippen molar-refractivity contribution in [3.63, 3.8) is 0 Å². The van der Waals surface area contributed by atoms with Gasteiger partial charge in [-0.25, -0.2) is 9.37 Å². The molecule has 22 heavy (non-hydrogen) atoms. The third-order valence-electron chi connectivity index (χ3n) is 3.00. The van der Waals surface area contributed by atoms with Gasteiger partial charge in [0, 0.05) is 23.7 Å². The van der Waals surface area contributed by atoms with Crippen LogP contribution in [0.5, 0.6) is 5.75 Å². The normalized spacial score (nSPS) is 12.0. The average molecular weight is 327 g/mol. The number of halogens is 2. The van der Waals surface area contributed by atoms with Gasteiger partial charge in [-0.05, 0) is 13.0 Å². The maximum absolute atomic E-state index is 13.8. The Bertz CT molecular complexity index is 650. The van der Waals surface area contributed by atoms with E-state index in [1.165, 1.54) is 30.6 Å². The summed E-state index contributed by atoms with van der Waals surface area (Å²) in [6, 6.07) is 2.17. The van der Waals surface area contributed by atoms with Gasteiger partial charge in [0.1, 0.15) is 0 Å². The zero-order chi connectivity index (χ0) is 16.1. The second kappa shape index (κ2) is 7.28. The lowest BCUT2D eigenvalue weighted by Crippen LogP contribution is -2.37. The minimum Gasteiger partial charge on any atom is -0.494 e. The Balaban J connectivity index is 1.95. The molecule has 1 atom stereocenters. The molecule has 0 bridgehead atoms. The number of carbonyl (C=O) groups is 1. The first kappa shape index (κ1) is 16.3. The summed E-state index contributed by atoms with van der Waals surface area (Å²) in [6.07, 6.45) is 1.58. The summed E-state index contributed by atoms with van der Waals surface area (Å²) in [5, 5.41) is 7.68. The van der Waals surface area contributed by atoms with E-state index < -0.39 is 17.7 Å². The fourth-order valence-electron chi connectivity index (χ4n) is 1.72. The highest BCUT2D eigenvalue weighted by Gasteiger charge is 2.17. The highest BCUT2D eigenvalue weighted by molar-refractivity contribution is 7.13. The molecule has 1 heterocycles. The molecule has 0 saturated heterocycles. The predicted molar refractivity (Wildman–Crippen MR) is 80.0 cm³/mol. The summed E-state index contributed by atoms with van der Waals surface area (Å²) in [5.41, 5.74) is 0.118. The number of anilines is 1. The molecule has 0 fully saturated rings. The van der Waals surface area contributed by atoms with E-state index in [2.05, 4.69) is 15.6 Å². The van der Waals surface area contributed by atoms with E-state index in [-0.39, 0.29) is 23.8 Å². The number of carbonyl (C=O) groups excluding carboxylic acids is 1. The first-order valence-electron chi connectivity index (χ1n) is 6.47. The third kappa shape index (κ3) is 3.77. The number of amides is 1. The molecule has 118 valence electrons. The van der Waals surface area contributed by atoms with Gasteiger partial charge in [0.25, 0.3) is 0 Å². The number of nitrogens with one attached hydrogen (secondary N) is 2. The summed E-state index contributed by atoms with van der Waals surface area (Å²) in [6.45, 7) is 1.64. The Morgan fingerprint density at radius 2 is 2.18 bits per heavy atom. The number of nitrogens with zero attached hydrogens (tertiary/aromatic N) is 1. The van der Waals surface area contributed by atoms with Crippen LogP contribution in [0.25, 0.3) is 0 Å². The number of aromatic nitrogens is 1. The number of benzene rings is 1. The minimum absolute atomic E-state index is 0.0131. The van der Waals surface area contributed by atoms with Gasteiger partial charge in [-0.2, -0.15) is 4.39 Å². The largest absolute Gasteiger partial charge is 0.494 e. The highest BCUT2D eigenvalue weighted by atomic mass is 32.1. The molecular weight excluding hydrogens is 312 g/mol. The van der Waals surface area contributed by atoms with Gasteiger partial charge >= 0.3 is 0 Å². The monoisotopic (exact) mass is 327 g/mol. The van der Waals surface area contributed by atoms with Gasteiger partial charge in [0.15, 0.2) is 16.7 Å². The minimum atomic E-state index is -1.04. The SMILES string of the molecule is COc1ccc(CNC(C)C(=O)Nc2nccs2)c(F)c1F. The first-order valence-corrected chi connectivity index (χ1v) is 7.35. The van der Waals surface area contributed by atoms with Crippen molar-refractivity contribution in [2.24, 2.45) is 0 Å². The molecule has 5 nitrogen and oxygen atoms in total. The lowest BCUT2D eigenvalue weighted by atomic mass is 10.1. The van der Waals surface area contributed by atoms with Crippen LogP contribution in [0.4, 0.5) is 13.9 Å². The molecule has 0 aliphatic rings. The molecule has 0 saturated carbocycles. The third-order valence-corrected chi connectivity index (χ3v) is 3.69. The topological polar surface area (TPSA) is 63.2 Å². The molecule has 0 aliphatic carbocycles. The highest BCUT2D eigenvalue weighted by Crippen LogP contribution is 2.22. The molecule has 2 N–H and O–H groups in total. The Hall–Kier alpha value is -2.06. The maximum atomic E-state index is 13.8. The number of thiazole rings is 1. The quantitative estimate of drug-likeness (QED) is 0.856. The zero-order valence-electron chi connectivity index (χ0n) is 12.0. The Morgan fingerprint density at radius 1 is 1.41 bits per heavy atom. The van der Waals surface area contributed by atoms with E-state index >= 15 is 0 Å². The van der Waals surface area contributed by atoms with Crippen molar-refractivity contribution in [1.29, 1.82) is 0 Å². The lowest BCUT2D eigenvalue weighted by Gasteiger charge is -2.14. The number of methoxy groups -OCH3 is 1. The number of rotatable bonds is 6. The molecule has 1 aromatic heterocycles. The fourth-order valence-corrected chi connectivity index (χ4v) is 2.25. The summed E-state index contributed by atoms with van der Waals surface area (Å²) in [4.78, 5) is 15.8. The van der Waals surface area contributed by atoms with Gasteiger partial charge in [-0.15, -0.1) is 11.3 Å². The van der Waals surface area contributed by atoms with E-state index in [4.69, 9.17) is 4.74 Å². The molecule has 0 radical (unpaired) electrons. The van der Waals surface area contributed by atoms with E-state index in [1.807, 2.05) is 0 Å². The second-order valence-corrected chi connectivity index (χ2v) is 5.38. The van der Waals surface area contributed by atoms with Crippen LogP contribution in [0, 0.1) is 11.6 Å². The predicted octanol–water partition coefficient (Wildman–Crippen LogP) is 2.55. The summed E-state index contributed by atoms with van der Waals surface area (Å²) < 4.78 is 32.1. The Kier molecular flexibility index (Phi) is 5.40. The van der Waals surface area contributed by atoms with Crippen LogP contribution in [-0.2, 0) is 11.3 Å². The lowest BCUT2D eigenvalue weighted by molar-refractivity contribution is -0.117. The molecule has 0 spiro atoms. The van der Waals surface area contributed by atoms with Crippen LogP contribution in [-0.4, -0.2) is 24.0 Å². The molecule has 2 aromatic rings. The number of hydrogen-bond donors (Lipinski definition) is 2. The number of ether oxygens (including phenoxy) is 1. The van der Waals surface area contributed by atoms with Crippen LogP contribution in [0.3, 0.4) is 0 Å².